The Morgan fingerprint density at radius 1 is 1.67 bits per heavy atom. The normalized spacial score (nSPS) is 21.0. The minimum absolute atomic E-state index is 0.379. The molecule has 0 bridgehead atoms. The fraction of sp³-hybridized carbons (Fsp3) is 0.727. The summed E-state index contributed by atoms with van der Waals surface area (Å²) in [5.74, 6) is 0. The van der Waals surface area contributed by atoms with E-state index >= 15 is 0 Å². The van der Waals surface area contributed by atoms with E-state index < -0.39 is 0 Å². The molecule has 1 aliphatic carbocycles. The van der Waals surface area contributed by atoms with Gasteiger partial charge in [-0.1, -0.05) is 0 Å². The molecule has 3 nitrogen and oxygen atoms in total. The molecule has 1 aromatic rings. The van der Waals surface area contributed by atoms with Crippen molar-refractivity contribution in [3.63, 3.8) is 0 Å². The maximum atomic E-state index is 4.26. The Kier molecular flexibility index (Phi) is 3.16. The second-order valence-electron chi connectivity index (χ2n) is 4.84. The second-order valence-corrected chi connectivity index (χ2v) is 5.76. The van der Waals surface area contributed by atoms with E-state index in [-0.39, 0.29) is 0 Å². The van der Waals surface area contributed by atoms with Crippen LogP contribution in [-0.2, 0) is 6.54 Å². The highest BCUT2D eigenvalue weighted by Gasteiger charge is 2.32. The van der Waals surface area contributed by atoms with Gasteiger partial charge in [-0.3, -0.25) is 4.68 Å². The van der Waals surface area contributed by atoms with E-state index in [1.54, 1.807) is 0 Å². The third-order valence-corrected chi connectivity index (χ3v) is 3.52. The molecule has 0 aromatic carbocycles. The van der Waals surface area contributed by atoms with Gasteiger partial charge in [-0.05, 0) is 49.0 Å². The lowest BCUT2D eigenvalue weighted by atomic mass is 9.78. The first kappa shape index (κ1) is 11.1. The van der Waals surface area contributed by atoms with Crippen molar-refractivity contribution in [2.24, 2.45) is 0 Å². The molecule has 0 aliphatic heterocycles. The van der Waals surface area contributed by atoms with Crippen LogP contribution in [0.5, 0.6) is 0 Å². The van der Waals surface area contributed by atoms with Gasteiger partial charge in [0, 0.05) is 17.8 Å². The third-order valence-electron chi connectivity index (χ3n) is 3.11. The molecular weight excluding hydrogens is 254 g/mol. The molecule has 1 aliphatic rings. The maximum Gasteiger partial charge on any atom is 0.0632 e. The van der Waals surface area contributed by atoms with Crippen LogP contribution in [-0.4, -0.2) is 21.4 Å². The van der Waals surface area contributed by atoms with Gasteiger partial charge >= 0.3 is 0 Å². The van der Waals surface area contributed by atoms with Gasteiger partial charge in [0.15, 0.2) is 0 Å². The molecule has 1 N–H and O–H groups in total. The first-order chi connectivity index (χ1) is 7.07. The molecule has 0 spiro atoms. The molecule has 15 heavy (non-hydrogen) atoms. The third kappa shape index (κ3) is 2.82. The standard InChI is InChI=1S/C11H18BrN3/c1-9(14-11(2)4-3-5-11)7-15-8-10(12)6-13-15/h6,8-9,14H,3-5,7H2,1-2H3/t9-/m0/s1. The summed E-state index contributed by atoms with van der Waals surface area (Å²) in [5.41, 5.74) is 0.379. The van der Waals surface area contributed by atoms with Crippen molar-refractivity contribution in [2.45, 2.75) is 51.2 Å². The molecular formula is C11H18BrN3. The van der Waals surface area contributed by atoms with Crippen molar-refractivity contribution in [2.75, 3.05) is 0 Å². The molecule has 84 valence electrons. The van der Waals surface area contributed by atoms with Crippen molar-refractivity contribution < 1.29 is 0 Å². The van der Waals surface area contributed by atoms with Gasteiger partial charge < -0.3 is 5.32 Å². The monoisotopic (exact) mass is 271 g/mol. The Labute approximate surface area is 99.4 Å². The van der Waals surface area contributed by atoms with E-state index in [2.05, 4.69) is 40.2 Å². The number of aromatic nitrogens is 2. The van der Waals surface area contributed by atoms with Crippen LogP contribution in [0.15, 0.2) is 16.9 Å². The van der Waals surface area contributed by atoms with Crippen LogP contribution in [0.25, 0.3) is 0 Å². The molecule has 1 heterocycles. The summed E-state index contributed by atoms with van der Waals surface area (Å²) >= 11 is 3.40. The van der Waals surface area contributed by atoms with Crippen LogP contribution in [0.3, 0.4) is 0 Å². The number of rotatable bonds is 4. The number of nitrogens with zero attached hydrogens (tertiary/aromatic N) is 2. The van der Waals surface area contributed by atoms with E-state index in [0.717, 1.165) is 11.0 Å². The average Bonchev–Trinajstić information content (AvgIpc) is 2.48. The fourth-order valence-corrected chi connectivity index (χ4v) is 2.54. The highest BCUT2D eigenvalue weighted by Crippen LogP contribution is 2.31. The molecule has 0 saturated heterocycles. The first-order valence-electron chi connectivity index (χ1n) is 5.53. The number of hydrogen-bond donors (Lipinski definition) is 1. The number of nitrogens with one attached hydrogen (secondary N) is 1. The van der Waals surface area contributed by atoms with Gasteiger partial charge in [-0.2, -0.15) is 5.10 Å². The van der Waals surface area contributed by atoms with Crippen molar-refractivity contribution in [1.82, 2.24) is 15.1 Å². The molecule has 1 fully saturated rings. The van der Waals surface area contributed by atoms with E-state index in [0.29, 0.717) is 11.6 Å². The van der Waals surface area contributed by atoms with Crippen LogP contribution in [0.1, 0.15) is 33.1 Å². The highest BCUT2D eigenvalue weighted by molar-refractivity contribution is 9.10. The SMILES string of the molecule is C[C@@H](Cn1cc(Br)cn1)NC1(C)CCC1. The van der Waals surface area contributed by atoms with Crippen LogP contribution in [0.2, 0.25) is 0 Å². The quantitative estimate of drug-likeness (QED) is 0.913. The lowest BCUT2D eigenvalue weighted by molar-refractivity contribution is 0.181. The molecule has 0 amide bonds. The van der Waals surface area contributed by atoms with E-state index in [1.807, 2.05) is 17.1 Å². The Hall–Kier alpha value is -0.350. The minimum Gasteiger partial charge on any atom is -0.307 e. The van der Waals surface area contributed by atoms with Crippen molar-refractivity contribution in [3.8, 4) is 0 Å². The first-order valence-corrected chi connectivity index (χ1v) is 6.32. The lowest BCUT2D eigenvalue weighted by Gasteiger charge is -2.41. The van der Waals surface area contributed by atoms with Gasteiger partial charge in [-0.15, -0.1) is 0 Å². The van der Waals surface area contributed by atoms with Crippen LogP contribution in [0, 0.1) is 0 Å². The fourth-order valence-electron chi connectivity index (χ4n) is 2.21. The van der Waals surface area contributed by atoms with Crippen LogP contribution in [0.4, 0.5) is 0 Å². The second kappa shape index (κ2) is 4.26. The van der Waals surface area contributed by atoms with Crippen LogP contribution >= 0.6 is 15.9 Å². The number of hydrogen-bond acceptors (Lipinski definition) is 2. The topological polar surface area (TPSA) is 29.9 Å². The molecule has 0 radical (unpaired) electrons. The predicted octanol–water partition coefficient (Wildman–Crippen LogP) is 2.57. The maximum absolute atomic E-state index is 4.26. The summed E-state index contributed by atoms with van der Waals surface area (Å²) in [6, 6.07) is 0.474. The Bertz CT molecular complexity index is 330. The smallest absolute Gasteiger partial charge is 0.0632 e. The van der Waals surface area contributed by atoms with Crippen molar-refractivity contribution >= 4 is 15.9 Å². The van der Waals surface area contributed by atoms with Gasteiger partial charge in [0.25, 0.3) is 0 Å². The highest BCUT2D eigenvalue weighted by atomic mass is 79.9. The average molecular weight is 272 g/mol. The van der Waals surface area contributed by atoms with E-state index in [9.17, 15) is 0 Å². The van der Waals surface area contributed by atoms with Gasteiger partial charge in [-0.25, -0.2) is 0 Å². The largest absolute Gasteiger partial charge is 0.307 e. The Morgan fingerprint density at radius 3 is 2.87 bits per heavy atom. The molecule has 1 saturated carbocycles. The van der Waals surface area contributed by atoms with Crippen LogP contribution < -0.4 is 5.32 Å². The summed E-state index contributed by atoms with van der Waals surface area (Å²) in [6.45, 7) is 5.46. The molecule has 2 rings (SSSR count). The van der Waals surface area contributed by atoms with Crippen molar-refractivity contribution in [1.29, 1.82) is 0 Å². The summed E-state index contributed by atoms with van der Waals surface area (Å²) < 4.78 is 3.02. The van der Waals surface area contributed by atoms with E-state index in [4.69, 9.17) is 0 Å². The summed E-state index contributed by atoms with van der Waals surface area (Å²) in [7, 11) is 0. The Balaban J connectivity index is 1.84. The van der Waals surface area contributed by atoms with Gasteiger partial charge in [0.2, 0.25) is 0 Å². The minimum atomic E-state index is 0.379. The Morgan fingerprint density at radius 2 is 2.40 bits per heavy atom. The van der Waals surface area contributed by atoms with E-state index in [1.165, 1.54) is 19.3 Å². The van der Waals surface area contributed by atoms with Crippen molar-refractivity contribution in [3.05, 3.63) is 16.9 Å². The van der Waals surface area contributed by atoms with Gasteiger partial charge in [0.05, 0.1) is 17.2 Å². The molecule has 1 atom stereocenters. The zero-order valence-electron chi connectivity index (χ0n) is 9.33. The number of halogens is 1. The lowest BCUT2D eigenvalue weighted by Crippen LogP contribution is -2.52. The molecule has 0 unspecified atom stereocenters. The molecule has 4 heteroatoms. The summed E-state index contributed by atoms with van der Waals surface area (Å²) in [4.78, 5) is 0. The zero-order chi connectivity index (χ0) is 10.9. The summed E-state index contributed by atoms with van der Waals surface area (Å²) in [6.07, 6.45) is 7.82. The molecule has 1 aromatic heterocycles. The van der Waals surface area contributed by atoms with Gasteiger partial charge in [0.1, 0.15) is 0 Å². The summed E-state index contributed by atoms with van der Waals surface area (Å²) in [5, 5.41) is 7.93. The predicted molar refractivity (Wildman–Crippen MR) is 64.8 cm³/mol. The zero-order valence-corrected chi connectivity index (χ0v) is 10.9.